The fraction of sp³-hybridized carbons (Fsp3) is 0.571. The van der Waals surface area contributed by atoms with E-state index >= 15 is 0 Å². The van der Waals surface area contributed by atoms with E-state index in [0.29, 0.717) is 13.1 Å². The minimum atomic E-state index is -3.59. The first kappa shape index (κ1) is 15.8. The summed E-state index contributed by atoms with van der Waals surface area (Å²) in [5, 5.41) is 9.84. The molecule has 112 valence electrons. The van der Waals surface area contributed by atoms with Gasteiger partial charge in [0.1, 0.15) is 4.90 Å². The molecule has 1 heterocycles. The van der Waals surface area contributed by atoms with E-state index in [9.17, 15) is 13.5 Å². The molecule has 1 unspecified atom stereocenters. The van der Waals surface area contributed by atoms with Crippen molar-refractivity contribution in [2.24, 2.45) is 5.41 Å². The summed E-state index contributed by atoms with van der Waals surface area (Å²) in [6.07, 6.45) is 2.38. The quantitative estimate of drug-likeness (QED) is 0.928. The van der Waals surface area contributed by atoms with Crippen LogP contribution in [0.4, 0.5) is 0 Å². The number of halogens is 1. The normalized spacial score (nSPS) is 24.8. The number of hydrogen-bond donors (Lipinski definition) is 1. The van der Waals surface area contributed by atoms with Crippen molar-refractivity contribution in [2.75, 3.05) is 19.7 Å². The van der Waals surface area contributed by atoms with E-state index in [2.05, 4.69) is 0 Å². The predicted molar refractivity (Wildman–Crippen MR) is 79.3 cm³/mol. The Morgan fingerprint density at radius 1 is 1.40 bits per heavy atom. The van der Waals surface area contributed by atoms with Crippen molar-refractivity contribution in [3.8, 4) is 0 Å². The zero-order valence-electron chi connectivity index (χ0n) is 11.5. The van der Waals surface area contributed by atoms with Crippen LogP contribution in [0.2, 0.25) is 5.02 Å². The smallest absolute Gasteiger partial charge is 0.244 e. The standard InChI is InChI=1S/C14H20ClNO3S/c1-2-14(11-17)8-5-9-16(10-14)20(18,19)13-7-4-3-6-12(13)15/h3-4,6-7,17H,2,5,8-11H2,1H3. The fourth-order valence-corrected chi connectivity index (χ4v) is 4.77. The topological polar surface area (TPSA) is 57.6 Å². The molecule has 0 bridgehead atoms. The van der Waals surface area contributed by atoms with Gasteiger partial charge >= 0.3 is 0 Å². The molecule has 20 heavy (non-hydrogen) atoms. The van der Waals surface area contributed by atoms with E-state index < -0.39 is 10.0 Å². The van der Waals surface area contributed by atoms with Crippen molar-refractivity contribution >= 4 is 21.6 Å². The van der Waals surface area contributed by atoms with Crippen LogP contribution in [0, 0.1) is 5.41 Å². The summed E-state index contributed by atoms with van der Waals surface area (Å²) in [7, 11) is -3.59. The van der Waals surface area contributed by atoms with Gasteiger partial charge in [0.25, 0.3) is 0 Å². The number of nitrogens with zero attached hydrogens (tertiary/aromatic N) is 1. The van der Waals surface area contributed by atoms with Gasteiger partial charge in [-0.05, 0) is 31.4 Å². The summed E-state index contributed by atoms with van der Waals surface area (Å²) >= 11 is 6.01. The maximum absolute atomic E-state index is 12.7. The van der Waals surface area contributed by atoms with E-state index in [4.69, 9.17) is 11.6 Å². The van der Waals surface area contributed by atoms with Crippen molar-refractivity contribution < 1.29 is 13.5 Å². The minimum absolute atomic E-state index is 0.0119. The molecular weight excluding hydrogens is 298 g/mol. The molecule has 0 spiro atoms. The number of piperidine rings is 1. The van der Waals surface area contributed by atoms with Crippen LogP contribution < -0.4 is 0 Å². The van der Waals surface area contributed by atoms with Gasteiger partial charge in [-0.25, -0.2) is 8.42 Å². The SMILES string of the molecule is CCC1(CO)CCCN(S(=O)(=O)c2ccccc2Cl)C1. The molecule has 0 aliphatic carbocycles. The molecule has 0 radical (unpaired) electrons. The Balaban J connectivity index is 2.33. The average molecular weight is 318 g/mol. The van der Waals surface area contributed by atoms with Crippen molar-refractivity contribution in [2.45, 2.75) is 31.1 Å². The van der Waals surface area contributed by atoms with Gasteiger partial charge in [-0.15, -0.1) is 0 Å². The molecule has 1 aromatic rings. The summed E-state index contributed by atoms with van der Waals surface area (Å²) in [5.74, 6) is 0. The minimum Gasteiger partial charge on any atom is -0.396 e. The highest BCUT2D eigenvalue weighted by Gasteiger charge is 2.39. The summed E-state index contributed by atoms with van der Waals surface area (Å²) < 4.78 is 26.8. The second-order valence-electron chi connectivity index (χ2n) is 5.38. The van der Waals surface area contributed by atoms with E-state index in [1.807, 2.05) is 6.92 Å². The first-order valence-electron chi connectivity index (χ1n) is 6.81. The van der Waals surface area contributed by atoms with Gasteiger partial charge in [0.15, 0.2) is 0 Å². The van der Waals surface area contributed by atoms with Crippen molar-refractivity contribution in [1.82, 2.24) is 4.31 Å². The molecule has 1 fully saturated rings. The van der Waals surface area contributed by atoms with Crippen molar-refractivity contribution in [3.63, 3.8) is 0 Å². The highest BCUT2D eigenvalue weighted by Crippen LogP contribution is 2.36. The molecule has 1 aliphatic rings. The molecule has 1 atom stereocenters. The lowest BCUT2D eigenvalue weighted by molar-refractivity contribution is 0.0609. The third-order valence-corrected chi connectivity index (χ3v) is 6.51. The Morgan fingerprint density at radius 3 is 2.70 bits per heavy atom. The molecule has 2 rings (SSSR count). The van der Waals surface area contributed by atoms with Crippen LogP contribution in [-0.4, -0.2) is 37.5 Å². The molecule has 4 nitrogen and oxygen atoms in total. The number of hydrogen-bond acceptors (Lipinski definition) is 3. The molecule has 1 aromatic carbocycles. The van der Waals surface area contributed by atoms with Crippen LogP contribution in [0.3, 0.4) is 0 Å². The van der Waals surface area contributed by atoms with Gasteiger partial charge in [-0.3, -0.25) is 0 Å². The van der Waals surface area contributed by atoms with Crippen LogP contribution in [0.1, 0.15) is 26.2 Å². The second-order valence-corrected chi connectivity index (χ2v) is 7.70. The van der Waals surface area contributed by atoms with Gasteiger partial charge in [0.05, 0.1) is 5.02 Å². The third-order valence-electron chi connectivity index (χ3n) is 4.17. The molecule has 1 aliphatic heterocycles. The van der Waals surface area contributed by atoms with Gasteiger partial charge in [0, 0.05) is 25.1 Å². The van der Waals surface area contributed by atoms with Gasteiger partial charge < -0.3 is 5.11 Å². The molecular formula is C14H20ClNO3S. The highest BCUT2D eigenvalue weighted by molar-refractivity contribution is 7.89. The third kappa shape index (κ3) is 2.86. The Labute approximate surface area is 125 Å². The summed E-state index contributed by atoms with van der Waals surface area (Å²) in [4.78, 5) is 0.145. The number of aliphatic hydroxyl groups excluding tert-OH is 1. The summed E-state index contributed by atoms with van der Waals surface area (Å²) in [5.41, 5.74) is -0.327. The van der Waals surface area contributed by atoms with Crippen LogP contribution >= 0.6 is 11.6 Å². The van der Waals surface area contributed by atoms with E-state index in [1.165, 1.54) is 10.4 Å². The number of aliphatic hydroxyl groups is 1. The molecule has 1 N–H and O–H groups in total. The largest absolute Gasteiger partial charge is 0.396 e. The van der Waals surface area contributed by atoms with Crippen LogP contribution in [0.5, 0.6) is 0 Å². The number of sulfonamides is 1. The number of rotatable bonds is 4. The van der Waals surface area contributed by atoms with Crippen molar-refractivity contribution in [3.05, 3.63) is 29.3 Å². The van der Waals surface area contributed by atoms with Crippen molar-refractivity contribution in [1.29, 1.82) is 0 Å². The van der Waals surface area contributed by atoms with E-state index in [-0.39, 0.29) is 21.9 Å². The lowest BCUT2D eigenvalue weighted by atomic mass is 9.79. The number of benzene rings is 1. The molecule has 6 heteroatoms. The molecule has 1 saturated heterocycles. The summed E-state index contributed by atoms with van der Waals surface area (Å²) in [6.45, 7) is 2.84. The molecule has 0 amide bonds. The van der Waals surface area contributed by atoms with E-state index in [0.717, 1.165) is 19.3 Å². The Morgan fingerprint density at radius 2 is 2.10 bits per heavy atom. The Kier molecular flexibility index (Phi) is 4.74. The zero-order chi connectivity index (χ0) is 14.8. The van der Waals surface area contributed by atoms with Gasteiger partial charge in [-0.1, -0.05) is 30.7 Å². The van der Waals surface area contributed by atoms with Crippen LogP contribution in [-0.2, 0) is 10.0 Å². The summed E-state index contributed by atoms with van der Waals surface area (Å²) in [6, 6.07) is 6.49. The molecule has 0 saturated carbocycles. The fourth-order valence-electron chi connectivity index (χ4n) is 2.69. The lowest BCUT2D eigenvalue weighted by Gasteiger charge is -2.40. The van der Waals surface area contributed by atoms with Crippen LogP contribution in [0.15, 0.2) is 29.2 Å². The maximum Gasteiger partial charge on any atom is 0.244 e. The predicted octanol–water partition coefficient (Wildman–Crippen LogP) is 2.51. The highest BCUT2D eigenvalue weighted by atomic mass is 35.5. The lowest BCUT2D eigenvalue weighted by Crippen LogP contribution is -2.47. The second kappa shape index (κ2) is 6.02. The average Bonchev–Trinajstić information content (AvgIpc) is 2.47. The molecule has 0 aromatic heterocycles. The zero-order valence-corrected chi connectivity index (χ0v) is 13.1. The Hall–Kier alpha value is -0.620. The first-order chi connectivity index (χ1) is 9.45. The van der Waals surface area contributed by atoms with Crippen LogP contribution in [0.25, 0.3) is 0 Å². The maximum atomic E-state index is 12.7. The first-order valence-corrected chi connectivity index (χ1v) is 8.62. The van der Waals surface area contributed by atoms with Gasteiger partial charge in [0.2, 0.25) is 10.0 Å². The monoisotopic (exact) mass is 317 g/mol. The Bertz CT molecular complexity index is 570. The van der Waals surface area contributed by atoms with Gasteiger partial charge in [-0.2, -0.15) is 4.31 Å². The van der Waals surface area contributed by atoms with E-state index in [1.54, 1.807) is 18.2 Å².